The van der Waals surface area contributed by atoms with Crippen molar-refractivity contribution in [2.24, 2.45) is 0 Å². The van der Waals surface area contributed by atoms with Crippen molar-refractivity contribution in [1.82, 2.24) is 0 Å². The number of hydrogen-bond acceptors (Lipinski definition) is 6. The quantitative estimate of drug-likeness (QED) is 0.394. The van der Waals surface area contributed by atoms with Crippen LogP contribution < -0.4 is 0 Å². The first-order valence-electron chi connectivity index (χ1n) is 2.32. The minimum absolute atomic E-state index is 0.994. The maximum Gasteiger partial charge on any atom is 0.466 e. The van der Waals surface area contributed by atoms with Crippen molar-refractivity contribution in [2.45, 2.75) is 0 Å². The maximum absolute atomic E-state index is 11.0. The van der Waals surface area contributed by atoms with E-state index >= 15 is 0 Å². The summed E-state index contributed by atoms with van der Waals surface area (Å²) >= 11 is 4.61. The summed E-state index contributed by atoms with van der Waals surface area (Å²) in [7, 11) is -1.95. The lowest BCUT2D eigenvalue weighted by Crippen LogP contribution is -2.02. The third kappa shape index (κ3) is 2.76. The van der Waals surface area contributed by atoms with Gasteiger partial charge in [0.05, 0.1) is 7.11 Å². The molecule has 0 radical (unpaired) electrons. The van der Waals surface area contributed by atoms with Crippen molar-refractivity contribution in [3.63, 3.8) is 0 Å². The molecule has 0 aliphatic heterocycles. The Kier molecular flexibility index (Phi) is 4.63. The average molecular weight is 205 g/mol. The molecule has 0 bridgehead atoms. The van der Waals surface area contributed by atoms with Crippen LogP contribution in [0.4, 0.5) is 4.79 Å². The molecular weight excluding hydrogens is 198 g/mol. The van der Waals surface area contributed by atoms with Gasteiger partial charge in [0.1, 0.15) is 11.9 Å². The van der Waals surface area contributed by atoms with Crippen molar-refractivity contribution in [2.75, 3.05) is 14.2 Å². The number of carbonyl (C=O) groups is 1. The zero-order valence-corrected chi connectivity index (χ0v) is 7.43. The lowest BCUT2D eigenvalue weighted by molar-refractivity contribution is -0.184. The predicted molar refractivity (Wildman–Crippen MR) is 35.0 cm³/mol. The highest BCUT2D eigenvalue weighted by Crippen LogP contribution is 2.49. The number of rotatable bonds is 4. The SMILES string of the molecule is COOP(=O)(OC)C(=O)OCl. The van der Waals surface area contributed by atoms with Crippen LogP contribution in [-0.4, -0.2) is 19.9 Å². The molecule has 0 saturated carbocycles. The summed E-state index contributed by atoms with van der Waals surface area (Å²) in [6.07, 6.45) is 0. The van der Waals surface area contributed by atoms with Gasteiger partial charge < -0.3 is 8.81 Å². The lowest BCUT2D eigenvalue weighted by atomic mass is 11.6. The highest BCUT2D eigenvalue weighted by Gasteiger charge is 2.37. The van der Waals surface area contributed by atoms with E-state index in [2.05, 4.69) is 30.2 Å². The van der Waals surface area contributed by atoms with E-state index in [0.29, 0.717) is 0 Å². The molecule has 66 valence electrons. The van der Waals surface area contributed by atoms with Crippen LogP contribution in [0.1, 0.15) is 0 Å². The molecule has 0 amide bonds. The van der Waals surface area contributed by atoms with Crippen LogP contribution in [-0.2, 0) is 22.9 Å². The van der Waals surface area contributed by atoms with Gasteiger partial charge in [0.15, 0.2) is 0 Å². The Morgan fingerprint density at radius 1 is 1.45 bits per heavy atom. The molecule has 1 atom stereocenters. The number of halogens is 1. The monoisotopic (exact) mass is 204 g/mol. The first-order valence-corrected chi connectivity index (χ1v) is 4.17. The summed E-state index contributed by atoms with van der Waals surface area (Å²) in [4.78, 5) is 14.5. The van der Waals surface area contributed by atoms with Crippen LogP contribution in [0.15, 0.2) is 0 Å². The zero-order valence-electron chi connectivity index (χ0n) is 5.77. The van der Waals surface area contributed by atoms with E-state index in [1.165, 1.54) is 0 Å². The van der Waals surface area contributed by atoms with Crippen molar-refractivity contribution in [1.29, 1.82) is 0 Å². The second kappa shape index (κ2) is 4.69. The second-order valence-corrected chi connectivity index (χ2v) is 3.29. The molecule has 0 saturated heterocycles. The van der Waals surface area contributed by atoms with E-state index in [0.717, 1.165) is 14.2 Å². The van der Waals surface area contributed by atoms with Crippen LogP contribution >= 0.6 is 19.5 Å². The molecule has 0 heterocycles. The molecule has 0 aliphatic carbocycles. The zero-order chi connectivity index (χ0) is 8.91. The summed E-state index contributed by atoms with van der Waals surface area (Å²) in [6.45, 7) is 0. The van der Waals surface area contributed by atoms with Crippen molar-refractivity contribution < 1.29 is 27.7 Å². The fourth-order valence-corrected chi connectivity index (χ4v) is 1.08. The Labute approximate surface area is 68.0 Å². The third-order valence-corrected chi connectivity index (χ3v) is 2.31. The predicted octanol–water partition coefficient (Wildman–Crippen LogP) is 1.69. The van der Waals surface area contributed by atoms with E-state index in [-0.39, 0.29) is 0 Å². The molecule has 0 aromatic heterocycles. The van der Waals surface area contributed by atoms with E-state index < -0.39 is 13.3 Å². The largest absolute Gasteiger partial charge is 0.466 e. The Bertz CT molecular complexity index is 181. The highest BCUT2D eigenvalue weighted by atomic mass is 35.5. The first kappa shape index (κ1) is 10.9. The molecule has 0 aromatic rings. The van der Waals surface area contributed by atoms with Gasteiger partial charge in [-0.05, 0) is 0 Å². The van der Waals surface area contributed by atoms with E-state index in [1.54, 1.807) is 0 Å². The standard InChI is InChI=1S/C3H6ClO6P/c1-7-10-11(6,8-2)3(5)9-4/h1-2H3. The van der Waals surface area contributed by atoms with E-state index in [9.17, 15) is 9.36 Å². The molecule has 1 unspecified atom stereocenters. The normalized spacial score (nSPS) is 15.5. The van der Waals surface area contributed by atoms with Crippen LogP contribution in [0.5, 0.6) is 0 Å². The molecule has 6 nitrogen and oxygen atoms in total. The minimum atomic E-state index is -4.01. The van der Waals surface area contributed by atoms with Gasteiger partial charge in [-0.15, -0.1) is 4.67 Å². The Morgan fingerprint density at radius 3 is 2.27 bits per heavy atom. The van der Waals surface area contributed by atoms with Gasteiger partial charge in [0.2, 0.25) is 0 Å². The smallest absolute Gasteiger partial charge is 0.337 e. The summed E-state index contributed by atoms with van der Waals surface area (Å²) in [6, 6.07) is 0. The summed E-state index contributed by atoms with van der Waals surface area (Å²) in [5.74, 6) is 0. The highest BCUT2D eigenvalue weighted by molar-refractivity contribution is 7.71. The lowest BCUT2D eigenvalue weighted by Gasteiger charge is -2.08. The van der Waals surface area contributed by atoms with Gasteiger partial charge in [-0.3, -0.25) is 0 Å². The summed E-state index contributed by atoms with van der Waals surface area (Å²) in [5, 5.41) is 0. The van der Waals surface area contributed by atoms with Crippen LogP contribution in [0, 0.1) is 0 Å². The van der Waals surface area contributed by atoms with Gasteiger partial charge >= 0.3 is 13.3 Å². The minimum Gasteiger partial charge on any atom is -0.337 e. The molecule has 8 heteroatoms. The second-order valence-electron chi connectivity index (χ2n) is 1.26. The van der Waals surface area contributed by atoms with Gasteiger partial charge in [-0.1, -0.05) is 0 Å². The molecule has 0 aliphatic rings. The first-order chi connectivity index (χ1) is 5.10. The maximum atomic E-state index is 11.0. The topological polar surface area (TPSA) is 71.1 Å². The average Bonchev–Trinajstić information content (AvgIpc) is 2.03. The summed E-state index contributed by atoms with van der Waals surface area (Å²) in [5.41, 5.74) is -1.33. The molecule has 0 rings (SSSR count). The van der Waals surface area contributed by atoms with Gasteiger partial charge in [0.25, 0.3) is 0 Å². The molecule has 0 N–H and O–H groups in total. The molecule has 0 fully saturated rings. The van der Waals surface area contributed by atoms with Crippen molar-refractivity contribution >= 4 is 25.2 Å². The number of hydrogen-bond donors (Lipinski definition) is 0. The molecule has 0 spiro atoms. The van der Waals surface area contributed by atoms with Gasteiger partial charge in [-0.2, -0.15) is 0 Å². The Hall–Kier alpha value is -0.130. The van der Waals surface area contributed by atoms with Crippen molar-refractivity contribution in [3.8, 4) is 0 Å². The molecule has 11 heavy (non-hydrogen) atoms. The summed E-state index contributed by atoms with van der Waals surface area (Å²) < 4.78 is 22.8. The van der Waals surface area contributed by atoms with Crippen molar-refractivity contribution in [3.05, 3.63) is 0 Å². The fourth-order valence-electron chi connectivity index (χ4n) is 0.276. The van der Waals surface area contributed by atoms with Gasteiger partial charge in [0, 0.05) is 7.11 Å². The Balaban J connectivity index is 4.33. The number of carbonyl (C=O) groups excluding carboxylic acids is 1. The fraction of sp³-hybridized carbons (Fsp3) is 0.667. The van der Waals surface area contributed by atoms with Crippen LogP contribution in [0.25, 0.3) is 0 Å². The van der Waals surface area contributed by atoms with Gasteiger partial charge in [-0.25, -0.2) is 14.2 Å². The van der Waals surface area contributed by atoms with Crippen LogP contribution in [0.3, 0.4) is 0 Å². The molecule has 0 aromatic carbocycles. The Morgan fingerprint density at radius 2 is 2.00 bits per heavy atom. The van der Waals surface area contributed by atoms with Crippen LogP contribution in [0.2, 0.25) is 0 Å². The van der Waals surface area contributed by atoms with E-state index in [4.69, 9.17) is 0 Å². The molecular formula is C3H6ClO6P. The third-order valence-electron chi connectivity index (χ3n) is 0.703. The van der Waals surface area contributed by atoms with E-state index in [1.807, 2.05) is 0 Å².